The summed E-state index contributed by atoms with van der Waals surface area (Å²) in [7, 11) is -2.31. The maximum atomic E-state index is 12.1. The number of nitrogens with one attached hydrogen (secondary N) is 2. The molecule has 0 bridgehead atoms. The molecule has 1 amide bonds. The maximum absolute atomic E-state index is 12.1. The van der Waals surface area contributed by atoms with Crippen LogP contribution < -0.4 is 14.8 Å². The van der Waals surface area contributed by atoms with E-state index >= 15 is 0 Å². The monoisotopic (exact) mass is 368 g/mol. The summed E-state index contributed by atoms with van der Waals surface area (Å²) in [5.74, 6) is 0.186. The molecule has 0 atom stereocenters. The van der Waals surface area contributed by atoms with Gasteiger partial charge in [-0.05, 0) is 18.2 Å². The molecule has 2 aromatic carbocycles. The molecule has 24 heavy (non-hydrogen) atoms. The third-order valence-corrected chi connectivity index (χ3v) is 5.12. The minimum Gasteiger partial charge on any atom is -0.496 e. The van der Waals surface area contributed by atoms with Crippen molar-refractivity contribution in [1.82, 2.24) is 10.0 Å². The predicted molar refractivity (Wildman–Crippen MR) is 91.5 cm³/mol. The number of rotatable bonds is 7. The van der Waals surface area contributed by atoms with Crippen molar-refractivity contribution < 1.29 is 17.9 Å². The molecular weight excluding hydrogens is 352 g/mol. The van der Waals surface area contributed by atoms with Gasteiger partial charge >= 0.3 is 0 Å². The molecule has 8 heteroatoms. The van der Waals surface area contributed by atoms with Gasteiger partial charge in [0.05, 0.1) is 18.7 Å². The number of sulfonamides is 1. The fourth-order valence-corrected chi connectivity index (χ4v) is 3.51. The standard InChI is InChI=1S/C16H17ClN2O4S/c1-23-14-8-4-2-6-12(14)10-18-16(20)11-19-24(21,22)15-9-5-3-7-13(15)17/h2-9,19H,10-11H2,1H3,(H,18,20). The first-order valence-corrected chi connectivity index (χ1v) is 8.93. The predicted octanol–water partition coefficient (Wildman–Crippen LogP) is 1.94. The second kappa shape index (κ2) is 8.14. The highest BCUT2D eigenvalue weighted by molar-refractivity contribution is 7.89. The zero-order valence-corrected chi connectivity index (χ0v) is 14.5. The number of hydrogen-bond acceptors (Lipinski definition) is 4. The van der Waals surface area contributed by atoms with Crippen LogP contribution in [-0.2, 0) is 21.4 Å². The molecule has 6 nitrogen and oxygen atoms in total. The van der Waals surface area contributed by atoms with Gasteiger partial charge in [-0.2, -0.15) is 0 Å². The Bertz CT molecular complexity index is 824. The number of benzene rings is 2. The van der Waals surface area contributed by atoms with Gasteiger partial charge in [-0.1, -0.05) is 41.9 Å². The van der Waals surface area contributed by atoms with E-state index in [-0.39, 0.29) is 23.0 Å². The zero-order chi connectivity index (χ0) is 17.6. The van der Waals surface area contributed by atoms with Gasteiger partial charge in [0.15, 0.2) is 0 Å². The smallest absolute Gasteiger partial charge is 0.242 e. The number of carbonyl (C=O) groups is 1. The summed E-state index contributed by atoms with van der Waals surface area (Å²) >= 11 is 5.87. The highest BCUT2D eigenvalue weighted by Gasteiger charge is 2.18. The minimum atomic E-state index is -3.85. The molecule has 0 saturated heterocycles. The Morgan fingerprint density at radius 1 is 1.12 bits per heavy atom. The van der Waals surface area contributed by atoms with Crippen molar-refractivity contribution in [2.75, 3.05) is 13.7 Å². The minimum absolute atomic E-state index is 0.0656. The third-order valence-electron chi connectivity index (χ3n) is 3.22. The number of carbonyl (C=O) groups excluding carboxylic acids is 1. The van der Waals surface area contributed by atoms with Gasteiger partial charge in [0, 0.05) is 12.1 Å². The first-order valence-electron chi connectivity index (χ1n) is 7.07. The van der Waals surface area contributed by atoms with E-state index in [1.54, 1.807) is 25.3 Å². The van der Waals surface area contributed by atoms with Crippen molar-refractivity contribution >= 4 is 27.5 Å². The number of hydrogen-bond donors (Lipinski definition) is 2. The van der Waals surface area contributed by atoms with E-state index in [0.29, 0.717) is 5.75 Å². The van der Waals surface area contributed by atoms with Crippen molar-refractivity contribution in [2.24, 2.45) is 0 Å². The number of methoxy groups -OCH3 is 1. The summed E-state index contributed by atoms with van der Waals surface area (Å²) in [6.45, 7) is -0.153. The molecule has 2 rings (SSSR count). The normalized spacial score (nSPS) is 11.1. The van der Waals surface area contributed by atoms with Gasteiger partial charge in [0.2, 0.25) is 15.9 Å². The Labute approximate surface area is 145 Å². The Balaban J connectivity index is 1.93. The SMILES string of the molecule is COc1ccccc1CNC(=O)CNS(=O)(=O)c1ccccc1Cl. The van der Waals surface area contributed by atoms with Gasteiger partial charge in [-0.15, -0.1) is 0 Å². The zero-order valence-electron chi connectivity index (χ0n) is 13.0. The summed E-state index contributed by atoms with van der Waals surface area (Å²) in [6.07, 6.45) is 0. The largest absolute Gasteiger partial charge is 0.496 e. The molecule has 0 heterocycles. The molecule has 0 spiro atoms. The van der Waals surface area contributed by atoms with E-state index in [9.17, 15) is 13.2 Å². The average Bonchev–Trinajstić information content (AvgIpc) is 2.58. The van der Waals surface area contributed by atoms with Gasteiger partial charge in [0.1, 0.15) is 10.6 Å². The second-order valence-electron chi connectivity index (χ2n) is 4.84. The molecule has 0 fully saturated rings. The molecule has 128 valence electrons. The first kappa shape index (κ1) is 18.3. The summed E-state index contributed by atoms with van der Waals surface area (Å²) in [5, 5.41) is 2.73. The Morgan fingerprint density at radius 3 is 2.50 bits per heavy atom. The van der Waals surface area contributed by atoms with Gasteiger partial charge in [-0.25, -0.2) is 13.1 Å². The van der Waals surface area contributed by atoms with Gasteiger partial charge in [0.25, 0.3) is 0 Å². The van der Waals surface area contributed by atoms with Crippen LogP contribution in [-0.4, -0.2) is 28.0 Å². The lowest BCUT2D eigenvalue weighted by Crippen LogP contribution is -2.36. The van der Waals surface area contributed by atoms with Gasteiger partial charge in [-0.3, -0.25) is 4.79 Å². The number of halogens is 1. The van der Waals surface area contributed by atoms with E-state index in [4.69, 9.17) is 16.3 Å². The molecule has 2 N–H and O–H groups in total. The lowest BCUT2D eigenvalue weighted by atomic mass is 10.2. The molecule has 0 aliphatic rings. The molecule has 0 radical (unpaired) electrons. The molecular formula is C16H17ClN2O4S. The van der Waals surface area contributed by atoms with Crippen molar-refractivity contribution in [1.29, 1.82) is 0 Å². The van der Waals surface area contributed by atoms with E-state index in [1.807, 2.05) is 18.2 Å². The highest BCUT2D eigenvalue weighted by atomic mass is 35.5. The Hall–Kier alpha value is -2.09. The topological polar surface area (TPSA) is 84.5 Å². The lowest BCUT2D eigenvalue weighted by Gasteiger charge is -2.11. The van der Waals surface area contributed by atoms with E-state index in [0.717, 1.165) is 5.56 Å². The quantitative estimate of drug-likeness (QED) is 0.782. The van der Waals surface area contributed by atoms with Crippen LogP contribution in [0.4, 0.5) is 0 Å². The van der Waals surface area contributed by atoms with E-state index in [2.05, 4.69) is 10.0 Å². The lowest BCUT2D eigenvalue weighted by molar-refractivity contribution is -0.120. The highest BCUT2D eigenvalue weighted by Crippen LogP contribution is 2.20. The van der Waals surface area contributed by atoms with Crippen LogP contribution in [0.2, 0.25) is 5.02 Å². The number of amides is 1. The van der Waals surface area contributed by atoms with Crippen molar-refractivity contribution in [3.8, 4) is 5.75 Å². The average molecular weight is 369 g/mol. The number of para-hydroxylation sites is 1. The fourth-order valence-electron chi connectivity index (χ4n) is 2.01. The van der Waals surface area contributed by atoms with E-state index in [1.165, 1.54) is 12.1 Å². The molecule has 0 aromatic heterocycles. The van der Waals surface area contributed by atoms with Crippen molar-refractivity contribution in [3.63, 3.8) is 0 Å². The molecule has 0 saturated carbocycles. The van der Waals surface area contributed by atoms with Crippen LogP contribution >= 0.6 is 11.6 Å². The van der Waals surface area contributed by atoms with Crippen LogP contribution in [0.1, 0.15) is 5.56 Å². The van der Waals surface area contributed by atoms with E-state index < -0.39 is 15.9 Å². The Morgan fingerprint density at radius 2 is 1.79 bits per heavy atom. The molecule has 0 aliphatic carbocycles. The summed E-state index contributed by atoms with van der Waals surface area (Å²) in [4.78, 5) is 11.8. The second-order valence-corrected chi connectivity index (χ2v) is 6.99. The van der Waals surface area contributed by atoms with Crippen LogP contribution in [0.3, 0.4) is 0 Å². The van der Waals surface area contributed by atoms with Crippen molar-refractivity contribution in [3.05, 3.63) is 59.1 Å². The summed E-state index contributed by atoms with van der Waals surface area (Å²) in [6, 6.07) is 13.3. The van der Waals surface area contributed by atoms with Gasteiger partial charge < -0.3 is 10.1 Å². The van der Waals surface area contributed by atoms with Crippen LogP contribution in [0.15, 0.2) is 53.4 Å². The summed E-state index contributed by atoms with van der Waals surface area (Å²) < 4.78 is 31.7. The summed E-state index contributed by atoms with van der Waals surface area (Å²) in [5.41, 5.74) is 0.794. The first-order chi connectivity index (χ1) is 11.4. The van der Waals surface area contributed by atoms with Crippen LogP contribution in [0.25, 0.3) is 0 Å². The molecule has 2 aromatic rings. The third kappa shape index (κ3) is 4.70. The van der Waals surface area contributed by atoms with Crippen molar-refractivity contribution in [2.45, 2.75) is 11.4 Å². The molecule has 0 aliphatic heterocycles. The Kier molecular flexibility index (Phi) is 6.19. The van der Waals surface area contributed by atoms with Crippen LogP contribution in [0, 0.1) is 0 Å². The molecule has 0 unspecified atom stereocenters. The maximum Gasteiger partial charge on any atom is 0.242 e. The van der Waals surface area contributed by atoms with Crippen LogP contribution in [0.5, 0.6) is 5.75 Å². The fraction of sp³-hybridized carbons (Fsp3) is 0.188. The number of ether oxygens (including phenoxy) is 1.